The average molecular weight is 145 g/mol. The van der Waals surface area contributed by atoms with Crippen molar-refractivity contribution in [2.45, 2.75) is 18.6 Å². The van der Waals surface area contributed by atoms with Gasteiger partial charge in [-0.25, -0.2) is 0 Å². The highest BCUT2D eigenvalue weighted by Gasteiger charge is 2.23. The van der Waals surface area contributed by atoms with Crippen LogP contribution in [0.4, 0.5) is 0 Å². The van der Waals surface area contributed by atoms with Gasteiger partial charge in [-0.1, -0.05) is 0 Å². The van der Waals surface area contributed by atoms with E-state index >= 15 is 0 Å². The predicted molar refractivity (Wildman–Crippen MR) is 39.1 cm³/mol. The molecule has 0 amide bonds. The van der Waals surface area contributed by atoms with Gasteiger partial charge in [0.25, 0.3) is 0 Å². The van der Waals surface area contributed by atoms with Gasteiger partial charge in [0.15, 0.2) is 0 Å². The molecule has 0 aromatic rings. The Hall–Kier alpha value is -0.120. The number of hydrogen-bond donors (Lipinski definition) is 1. The molecule has 1 rings (SSSR count). The van der Waals surface area contributed by atoms with Gasteiger partial charge in [-0.05, 0) is 13.5 Å². The fraction of sp³-hybridized carbons (Fsp3) is 1.00. The van der Waals surface area contributed by atoms with Gasteiger partial charge in [-0.15, -0.1) is 0 Å². The zero-order chi connectivity index (χ0) is 7.40. The van der Waals surface area contributed by atoms with Crippen LogP contribution in [0.2, 0.25) is 0 Å². The van der Waals surface area contributed by atoms with Gasteiger partial charge in [0.1, 0.15) is 0 Å². The number of nitrogens with one attached hydrogen (secondary N) is 1. The van der Waals surface area contributed by atoms with Crippen molar-refractivity contribution < 1.29 is 9.47 Å². The first kappa shape index (κ1) is 7.98. The lowest BCUT2D eigenvalue weighted by atomic mass is 10.1. The van der Waals surface area contributed by atoms with E-state index < -0.39 is 0 Å². The second kappa shape index (κ2) is 3.91. The van der Waals surface area contributed by atoms with Crippen LogP contribution in [0.25, 0.3) is 0 Å². The van der Waals surface area contributed by atoms with E-state index in [-0.39, 0.29) is 6.10 Å². The summed E-state index contributed by atoms with van der Waals surface area (Å²) in [5, 5.41) is 3.20. The Balaban J connectivity index is 2.34. The molecule has 1 fully saturated rings. The standard InChI is InChI=1S/C7H15NO2/c1-8-6-3-4-10-5-7(6)9-2/h6-8H,3-5H2,1-2H3/t6-,7-/m0/s1. The summed E-state index contributed by atoms with van der Waals surface area (Å²) in [6.45, 7) is 1.58. The molecule has 3 nitrogen and oxygen atoms in total. The molecule has 0 unspecified atom stereocenters. The summed E-state index contributed by atoms with van der Waals surface area (Å²) in [6.07, 6.45) is 1.29. The molecule has 0 aromatic carbocycles. The van der Waals surface area contributed by atoms with E-state index in [0.29, 0.717) is 6.04 Å². The minimum absolute atomic E-state index is 0.235. The Morgan fingerprint density at radius 2 is 2.40 bits per heavy atom. The fourth-order valence-electron chi connectivity index (χ4n) is 1.27. The van der Waals surface area contributed by atoms with Crippen LogP contribution in [0.15, 0.2) is 0 Å². The maximum atomic E-state index is 5.24. The monoisotopic (exact) mass is 145 g/mol. The van der Waals surface area contributed by atoms with Crippen molar-refractivity contribution in [3.05, 3.63) is 0 Å². The van der Waals surface area contributed by atoms with E-state index in [1.54, 1.807) is 7.11 Å². The molecule has 0 aromatic heterocycles. The van der Waals surface area contributed by atoms with Gasteiger partial charge in [0.2, 0.25) is 0 Å². The fourth-order valence-corrected chi connectivity index (χ4v) is 1.27. The summed E-state index contributed by atoms with van der Waals surface area (Å²) in [5.74, 6) is 0. The third-order valence-corrected chi connectivity index (χ3v) is 1.98. The first-order valence-corrected chi connectivity index (χ1v) is 3.66. The lowest BCUT2D eigenvalue weighted by Gasteiger charge is -2.29. The van der Waals surface area contributed by atoms with Gasteiger partial charge < -0.3 is 14.8 Å². The summed E-state index contributed by atoms with van der Waals surface area (Å²) in [6, 6.07) is 0.471. The molecule has 60 valence electrons. The summed E-state index contributed by atoms with van der Waals surface area (Å²) in [7, 11) is 3.69. The van der Waals surface area contributed by atoms with E-state index in [9.17, 15) is 0 Å². The van der Waals surface area contributed by atoms with E-state index in [2.05, 4.69) is 5.32 Å². The number of hydrogen-bond acceptors (Lipinski definition) is 3. The quantitative estimate of drug-likeness (QED) is 0.593. The Morgan fingerprint density at radius 3 is 2.90 bits per heavy atom. The lowest BCUT2D eigenvalue weighted by molar-refractivity contribution is -0.0481. The molecule has 1 aliphatic rings. The van der Waals surface area contributed by atoms with Crippen molar-refractivity contribution in [3.63, 3.8) is 0 Å². The molecule has 0 bridgehead atoms. The van der Waals surface area contributed by atoms with Crippen LogP contribution in [0.1, 0.15) is 6.42 Å². The first-order chi connectivity index (χ1) is 4.88. The Morgan fingerprint density at radius 1 is 1.60 bits per heavy atom. The van der Waals surface area contributed by atoms with E-state index in [4.69, 9.17) is 9.47 Å². The largest absolute Gasteiger partial charge is 0.379 e. The second-order valence-electron chi connectivity index (χ2n) is 2.53. The number of methoxy groups -OCH3 is 1. The van der Waals surface area contributed by atoms with Crippen LogP contribution >= 0.6 is 0 Å². The SMILES string of the molecule is CN[C@H]1CCOC[C@@H]1OC. The van der Waals surface area contributed by atoms with Crippen LogP contribution in [0.3, 0.4) is 0 Å². The van der Waals surface area contributed by atoms with Gasteiger partial charge in [-0.2, -0.15) is 0 Å². The van der Waals surface area contributed by atoms with Gasteiger partial charge >= 0.3 is 0 Å². The molecule has 1 aliphatic heterocycles. The van der Waals surface area contributed by atoms with E-state index in [1.165, 1.54) is 0 Å². The van der Waals surface area contributed by atoms with E-state index in [1.807, 2.05) is 7.05 Å². The van der Waals surface area contributed by atoms with Crippen LogP contribution < -0.4 is 5.32 Å². The van der Waals surface area contributed by atoms with Crippen LogP contribution in [0.5, 0.6) is 0 Å². The highest BCUT2D eigenvalue weighted by Crippen LogP contribution is 2.09. The maximum Gasteiger partial charge on any atom is 0.0957 e. The van der Waals surface area contributed by atoms with Crippen molar-refractivity contribution in [1.82, 2.24) is 5.32 Å². The molecule has 3 heteroatoms. The van der Waals surface area contributed by atoms with Gasteiger partial charge in [0.05, 0.1) is 12.7 Å². The Kier molecular flexibility index (Phi) is 3.12. The topological polar surface area (TPSA) is 30.5 Å². The number of likely N-dealkylation sites (N-methyl/N-ethyl adjacent to an activating group) is 1. The molecule has 1 N–H and O–H groups in total. The van der Waals surface area contributed by atoms with Crippen molar-refractivity contribution in [2.75, 3.05) is 27.4 Å². The molecule has 10 heavy (non-hydrogen) atoms. The zero-order valence-electron chi connectivity index (χ0n) is 6.59. The molecular formula is C7H15NO2. The lowest BCUT2D eigenvalue weighted by Crippen LogP contribution is -2.45. The van der Waals surface area contributed by atoms with Crippen molar-refractivity contribution >= 4 is 0 Å². The third-order valence-electron chi connectivity index (χ3n) is 1.98. The first-order valence-electron chi connectivity index (χ1n) is 3.66. The zero-order valence-corrected chi connectivity index (χ0v) is 6.59. The summed E-state index contributed by atoms with van der Waals surface area (Å²) < 4.78 is 10.4. The highest BCUT2D eigenvalue weighted by atomic mass is 16.5. The van der Waals surface area contributed by atoms with Crippen molar-refractivity contribution in [1.29, 1.82) is 0 Å². The molecule has 2 atom stereocenters. The van der Waals surface area contributed by atoms with Crippen LogP contribution in [-0.2, 0) is 9.47 Å². The molecule has 0 aliphatic carbocycles. The predicted octanol–water partition coefficient (Wildman–Crippen LogP) is 0.00970. The third kappa shape index (κ3) is 1.68. The Bertz CT molecular complexity index is 85.6. The molecule has 1 saturated heterocycles. The van der Waals surface area contributed by atoms with Gasteiger partial charge in [0, 0.05) is 19.8 Å². The average Bonchev–Trinajstić information content (AvgIpc) is 2.04. The van der Waals surface area contributed by atoms with E-state index in [0.717, 1.165) is 19.6 Å². The smallest absolute Gasteiger partial charge is 0.0957 e. The molecule has 0 radical (unpaired) electrons. The van der Waals surface area contributed by atoms with Crippen molar-refractivity contribution in [3.8, 4) is 0 Å². The van der Waals surface area contributed by atoms with Gasteiger partial charge in [-0.3, -0.25) is 0 Å². The molecule has 0 spiro atoms. The summed E-state index contributed by atoms with van der Waals surface area (Å²) >= 11 is 0. The van der Waals surface area contributed by atoms with Crippen LogP contribution in [0, 0.1) is 0 Å². The summed E-state index contributed by atoms with van der Waals surface area (Å²) in [4.78, 5) is 0. The number of rotatable bonds is 2. The molecular weight excluding hydrogens is 130 g/mol. The van der Waals surface area contributed by atoms with Crippen LogP contribution in [-0.4, -0.2) is 39.5 Å². The number of ether oxygens (including phenoxy) is 2. The normalized spacial score (nSPS) is 34.2. The summed E-state index contributed by atoms with van der Waals surface area (Å²) in [5.41, 5.74) is 0. The second-order valence-corrected chi connectivity index (χ2v) is 2.53. The molecule has 1 heterocycles. The minimum atomic E-state index is 0.235. The Labute approximate surface area is 61.7 Å². The minimum Gasteiger partial charge on any atom is -0.379 e. The molecule has 0 saturated carbocycles. The maximum absolute atomic E-state index is 5.24. The highest BCUT2D eigenvalue weighted by molar-refractivity contribution is 4.78. The van der Waals surface area contributed by atoms with Crippen molar-refractivity contribution in [2.24, 2.45) is 0 Å².